The van der Waals surface area contributed by atoms with Crippen molar-refractivity contribution in [3.8, 4) is 0 Å². The molecular weight excluding hydrogens is 480 g/mol. The van der Waals surface area contributed by atoms with Crippen LogP contribution in [0.2, 0.25) is 0 Å². The van der Waals surface area contributed by atoms with Crippen LogP contribution in [0.3, 0.4) is 0 Å². The first-order valence-corrected chi connectivity index (χ1v) is 12.1. The normalized spacial score (nSPS) is 18.2. The number of rotatable bonds is 7. The van der Waals surface area contributed by atoms with Crippen molar-refractivity contribution in [2.24, 2.45) is 0 Å². The van der Waals surface area contributed by atoms with E-state index >= 15 is 0 Å². The van der Waals surface area contributed by atoms with E-state index in [0.717, 1.165) is 0 Å². The van der Waals surface area contributed by atoms with E-state index < -0.39 is 11.9 Å². The van der Waals surface area contributed by atoms with Gasteiger partial charge in [-0.15, -0.1) is 0 Å². The molecule has 2 aliphatic rings. The summed E-state index contributed by atoms with van der Waals surface area (Å²) in [7, 11) is 0. The Morgan fingerprint density at radius 2 is 1.65 bits per heavy atom. The van der Waals surface area contributed by atoms with Crippen molar-refractivity contribution in [3.05, 3.63) is 48.4 Å². The second kappa shape index (κ2) is 11.7. The molecule has 3 N–H and O–H groups in total. The second-order valence-corrected chi connectivity index (χ2v) is 8.95. The van der Waals surface area contributed by atoms with Crippen molar-refractivity contribution < 1.29 is 28.4 Å². The van der Waals surface area contributed by atoms with Crippen LogP contribution in [-0.2, 0) is 19.2 Å². The molecule has 0 spiro atoms. The molecule has 1 aromatic heterocycles. The van der Waals surface area contributed by atoms with E-state index in [2.05, 4.69) is 16.0 Å². The fraction of sp³-hybridized carbons (Fsp3) is 0.400. The second-order valence-electron chi connectivity index (χ2n) is 8.95. The summed E-state index contributed by atoms with van der Waals surface area (Å²) in [6.45, 7) is 4.07. The minimum absolute atomic E-state index is 0.0960. The number of piperazine rings is 2. The highest BCUT2D eigenvalue weighted by molar-refractivity contribution is 5.98. The summed E-state index contributed by atoms with van der Waals surface area (Å²) in [5.74, 6) is -1.11. The molecule has 2 aromatic rings. The molecule has 4 rings (SSSR count). The quantitative estimate of drug-likeness (QED) is 0.488. The lowest BCUT2D eigenvalue weighted by molar-refractivity contribution is -0.145. The van der Waals surface area contributed by atoms with Crippen molar-refractivity contribution in [2.75, 3.05) is 56.4 Å². The highest BCUT2D eigenvalue weighted by atomic mass is 16.3. The fourth-order valence-electron chi connectivity index (χ4n) is 4.39. The molecule has 2 fully saturated rings. The van der Waals surface area contributed by atoms with E-state index in [1.807, 2.05) is 4.90 Å². The van der Waals surface area contributed by atoms with Gasteiger partial charge < -0.3 is 30.2 Å². The van der Waals surface area contributed by atoms with Crippen LogP contribution in [0.1, 0.15) is 23.9 Å². The Balaban J connectivity index is 1.30. The lowest BCUT2D eigenvalue weighted by Crippen LogP contribution is -2.60. The molecule has 37 heavy (non-hydrogen) atoms. The van der Waals surface area contributed by atoms with Crippen molar-refractivity contribution in [3.63, 3.8) is 0 Å². The maximum atomic E-state index is 13.1. The summed E-state index contributed by atoms with van der Waals surface area (Å²) >= 11 is 0. The number of hydrogen-bond acceptors (Lipinski definition) is 7. The van der Waals surface area contributed by atoms with Gasteiger partial charge in [-0.1, -0.05) is 0 Å². The Hall–Kier alpha value is -4.19. The number of nitrogens with zero attached hydrogens (tertiary/aromatic N) is 3. The topological polar surface area (TPSA) is 144 Å². The molecule has 2 saturated heterocycles. The molecule has 3 heterocycles. The van der Waals surface area contributed by atoms with Gasteiger partial charge in [-0.25, -0.2) is 0 Å². The van der Waals surface area contributed by atoms with E-state index in [9.17, 15) is 24.0 Å². The molecule has 2 aliphatic heterocycles. The third-order valence-electron chi connectivity index (χ3n) is 6.27. The zero-order valence-electron chi connectivity index (χ0n) is 20.6. The smallest absolute Gasteiger partial charge is 0.289 e. The zero-order chi connectivity index (χ0) is 26.4. The molecule has 0 radical (unpaired) electrons. The van der Waals surface area contributed by atoms with Gasteiger partial charge >= 0.3 is 0 Å². The van der Waals surface area contributed by atoms with E-state index in [0.29, 0.717) is 50.6 Å². The highest BCUT2D eigenvalue weighted by Gasteiger charge is 2.35. The third kappa shape index (κ3) is 6.73. The van der Waals surface area contributed by atoms with Crippen molar-refractivity contribution in [1.82, 2.24) is 20.0 Å². The number of furan rings is 1. The predicted octanol–water partition coefficient (Wildman–Crippen LogP) is 0.352. The summed E-state index contributed by atoms with van der Waals surface area (Å²) in [5, 5.41) is 8.11. The van der Waals surface area contributed by atoms with Crippen LogP contribution in [0, 0.1) is 0 Å². The molecule has 12 heteroatoms. The number of carbonyl (C=O) groups is 5. The average molecular weight is 511 g/mol. The van der Waals surface area contributed by atoms with Crippen LogP contribution >= 0.6 is 0 Å². The molecule has 0 unspecified atom stereocenters. The minimum atomic E-state index is -0.915. The van der Waals surface area contributed by atoms with E-state index in [1.165, 1.54) is 18.1 Å². The number of carbonyl (C=O) groups excluding carboxylic acids is 5. The third-order valence-corrected chi connectivity index (χ3v) is 6.27. The number of amides is 5. The fourth-order valence-corrected chi connectivity index (χ4v) is 4.39. The van der Waals surface area contributed by atoms with E-state index in [-0.39, 0.29) is 42.4 Å². The van der Waals surface area contributed by atoms with Gasteiger partial charge in [0.05, 0.1) is 19.2 Å². The number of anilines is 2. The molecule has 0 saturated carbocycles. The number of hydrogen-bond donors (Lipinski definition) is 3. The Kier molecular flexibility index (Phi) is 8.18. The maximum Gasteiger partial charge on any atom is 0.289 e. The Morgan fingerprint density at radius 3 is 2.27 bits per heavy atom. The summed E-state index contributed by atoms with van der Waals surface area (Å²) in [5.41, 5.74) is 1.11. The first-order chi connectivity index (χ1) is 17.8. The Morgan fingerprint density at radius 1 is 0.973 bits per heavy atom. The van der Waals surface area contributed by atoms with Crippen LogP contribution < -0.4 is 16.0 Å². The molecule has 1 aromatic carbocycles. The van der Waals surface area contributed by atoms with Gasteiger partial charge in [-0.05, 0) is 36.4 Å². The van der Waals surface area contributed by atoms with Crippen LogP contribution in [0.5, 0.6) is 0 Å². The van der Waals surface area contributed by atoms with E-state index in [1.54, 1.807) is 41.3 Å². The van der Waals surface area contributed by atoms with E-state index in [4.69, 9.17) is 4.42 Å². The van der Waals surface area contributed by atoms with Crippen molar-refractivity contribution in [2.45, 2.75) is 19.4 Å². The van der Waals surface area contributed by atoms with Gasteiger partial charge in [0.25, 0.3) is 5.91 Å². The van der Waals surface area contributed by atoms with Gasteiger partial charge in [0.15, 0.2) is 5.76 Å². The Labute approximate surface area is 213 Å². The Bertz CT molecular complexity index is 1140. The molecular formula is C25H30N6O6. The first kappa shape index (κ1) is 25.9. The molecule has 1 atom stereocenters. The van der Waals surface area contributed by atoms with Crippen molar-refractivity contribution >= 4 is 40.9 Å². The summed E-state index contributed by atoms with van der Waals surface area (Å²) in [6, 6.07) is 8.96. The molecule has 12 nitrogen and oxygen atoms in total. The van der Waals surface area contributed by atoms with Crippen LogP contribution in [-0.4, -0.2) is 96.1 Å². The van der Waals surface area contributed by atoms with Gasteiger partial charge in [0.2, 0.25) is 23.6 Å². The van der Waals surface area contributed by atoms with Crippen molar-refractivity contribution in [1.29, 1.82) is 0 Å². The summed E-state index contributed by atoms with van der Waals surface area (Å²) < 4.78 is 5.18. The van der Waals surface area contributed by atoms with Gasteiger partial charge in [0.1, 0.15) is 6.04 Å². The minimum Gasteiger partial charge on any atom is -0.459 e. The largest absolute Gasteiger partial charge is 0.459 e. The molecule has 5 amide bonds. The monoisotopic (exact) mass is 510 g/mol. The number of nitrogens with one attached hydrogen (secondary N) is 3. The molecule has 196 valence electrons. The van der Waals surface area contributed by atoms with Gasteiger partial charge in [-0.3, -0.25) is 28.9 Å². The standard InChI is InChI=1S/C25H30N6O6/c1-17(32)27-18-4-6-19(7-5-18)28-22(33)15-20-24(35)26-8-9-31(20)23(34)16-29-10-12-30(13-11-29)25(36)21-3-2-14-37-21/h2-7,14,20H,8-13,15-16H2,1H3,(H,26,35)(H,27,32)(H,28,33)/t20-/m1/s1. The predicted molar refractivity (Wildman–Crippen MR) is 134 cm³/mol. The average Bonchev–Trinajstić information content (AvgIpc) is 3.41. The highest BCUT2D eigenvalue weighted by Crippen LogP contribution is 2.16. The molecule has 0 bridgehead atoms. The first-order valence-electron chi connectivity index (χ1n) is 12.1. The van der Waals surface area contributed by atoms with Crippen LogP contribution in [0.4, 0.5) is 11.4 Å². The van der Waals surface area contributed by atoms with Gasteiger partial charge in [0, 0.05) is 57.6 Å². The summed E-state index contributed by atoms with van der Waals surface area (Å²) in [6.07, 6.45) is 1.27. The number of benzene rings is 1. The summed E-state index contributed by atoms with van der Waals surface area (Å²) in [4.78, 5) is 67.1. The van der Waals surface area contributed by atoms with Crippen LogP contribution in [0.25, 0.3) is 0 Å². The SMILES string of the molecule is CC(=O)Nc1ccc(NC(=O)C[C@@H]2C(=O)NCCN2C(=O)CN2CCN(C(=O)c3ccco3)CC2)cc1. The zero-order valence-corrected chi connectivity index (χ0v) is 20.6. The van der Waals surface area contributed by atoms with Crippen LogP contribution in [0.15, 0.2) is 47.1 Å². The lowest BCUT2D eigenvalue weighted by Gasteiger charge is -2.38. The lowest BCUT2D eigenvalue weighted by atomic mass is 10.1. The maximum absolute atomic E-state index is 13.1. The molecule has 0 aliphatic carbocycles. The van der Waals surface area contributed by atoms with Gasteiger partial charge in [-0.2, -0.15) is 0 Å².